The van der Waals surface area contributed by atoms with Crippen LogP contribution in [0.4, 0.5) is 5.69 Å². The molecule has 18 heavy (non-hydrogen) atoms. The van der Waals surface area contributed by atoms with Crippen molar-refractivity contribution in [2.45, 2.75) is 11.1 Å². The first-order valence-electron chi connectivity index (χ1n) is 5.43. The van der Waals surface area contributed by atoms with E-state index in [9.17, 15) is 5.11 Å². The number of pyridine rings is 1. The quantitative estimate of drug-likeness (QED) is 0.667. The van der Waals surface area contributed by atoms with Crippen molar-refractivity contribution in [1.29, 1.82) is 0 Å². The molecule has 1 heterocycles. The number of nitrogens with zero attached hydrogens (tertiary/aromatic N) is 1. The van der Waals surface area contributed by atoms with Crippen molar-refractivity contribution in [3.8, 4) is 0 Å². The van der Waals surface area contributed by atoms with Crippen LogP contribution in [0.2, 0.25) is 5.02 Å². The van der Waals surface area contributed by atoms with Gasteiger partial charge in [-0.3, -0.25) is 0 Å². The molecule has 1 aromatic heterocycles. The summed E-state index contributed by atoms with van der Waals surface area (Å²) in [7, 11) is 0. The molecule has 0 aliphatic rings. The van der Waals surface area contributed by atoms with Gasteiger partial charge < -0.3 is 10.8 Å². The van der Waals surface area contributed by atoms with Crippen molar-refractivity contribution in [2.24, 2.45) is 0 Å². The second-order valence-corrected chi connectivity index (χ2v) is 5.29. The van der Waals surface area contributed by atoms with E-state index in [1.165, 1.54) is 11.8 Å². The van der Waals surface area contributed by atoms with E-state index in [-0.39, 0.29) is 0 Å². The Labute approximate surface area is 115 Å². The third-order valence-corrected chi connectivity index (χ3v) is 3.63. The largest absolute Gasteiger partial charge is 0.399 e. The molecule has 94 valence electrons. The van der Waals surface area contributed by atoms with E-state index in [4.69, 9.17) is 17.3 Å². The van der Waals surface area contributed by atoms with Gasteiger partial charge in [-0.1, -0.05) is 23.7 Å². The minimum atomic E-state index is -0.559. The van der Waals surface area contributed by atoms with Gasteiger partial charge in [0, 0.05) is 17.6 Å². The van der Waals surface area contributed by atoms with Crippen molar-refractivity contribution < 1.29 is 5.11 Å². The number of hydrogen-bond acceptors (Lipinski definition) is 4. The Morgan fingerprint density at radius 3 is 2.83 bits per heavy atom. The third kappa shape index (κ3) is 3.63. The second kappa shape index (κ2) is 6.09. The number of benzene rings is 1. The number of halogens is 1. The third-order valence-electron chi connectivity index (χ3n) is 2.38. The summed E-state index contributed by atoms with van der Waals surface area (Å²) >= 11 is 7.23. The topological polar surface area (TPSA) is 59.1 Å². The summed E-state index contributed by atoms with van der Waals surface area (Å²) in [4.78, 5) is 4.16. The van der Waals surface area contributed by atoms with Crippen LogP contribution in [0.1, 0.15) is 11.7 Å². The first kappa shape index (κ1) is 13.2. The Morgan fingerprint density at radius 2 is 2.17 bits per heavy atom. The molecule has 0 aliphatic carbocycles. The summed E-state index contributed by atoms with van der Waals surface area (Å²) in [5, 5.41) is 11.5. The standard InChI is InChI=1S/C13H13ClN2OS/c14-10-4-5-13(16-7-10)18-8-12(17)9-2-1-3-11(15)6-9/h1-7,12,17H,8,15H2. The minimum Gasteiger partial charge on any atom is -0.399 e. The summed E-state index contributed by atoms with van der Waals surface area (Å²) in [6.07, 6.45) is 1.03. The monoisotopic (exact) mass is 280 g/mol. The van der Waals surface area contributed by atoms with Gasteiger partial charge in [0.1, 0.15) is 0 Å². The Hall–Kier alpha value is -1.23. The highest BCUT2D eigenvalue weighted by Crippen LogP contribution is 2.24. The van der Waals surface area contributed by atoms with Gasteiger partial charge in [0.25, 0.3) is 0 Å². The maximum absolute atomic E-state index is 10.0. The highest BCUT2D eigenvalue weighted by molar-refractivity contribution is 7.99. The fourth-order valence-corrected chi connectivity index (χ4v) is 2.40. The van der Waals surface area contributed by atoms with Crippen LogP contribution in [0.15, 0.2) is 47.6 Å². The van der Waals surface area contributed by atoms with Gasteiger partial charge in [-0.25, -0.2) is 4.98 Å². The molecule has 3 nitrogen and oxygen atoms in total. The second-order valence-electron chi connectivity index (χ2n) is 3.81. The molecule has 1 aromatic carbocycles. The molecule has 0 saturated carbocycles. The van der Waals surface area contributed by atoms with Gasteiger partial charge >= 0.3 is 0 Å². The fourth-order valence-electron chi connectivity index (χ4n) is 1.47. The molecule has 3 N–H and O–H groups in total. The van der Waals surface area contributed by atoms with Crippen LogP contribution in [0.5, 0.6) is 0 Å². The number of hydrogen-bond donors (Lipinski definition) is 2. The zero-order valence-corrected chi connectivity index (χ0v) is 11.2. The molecule has 1 atom stereocenters. The van der Waals surface area contributed by atoms with E-state index in [0.717, 1.165) is 10.6 Å². The predicted octanol–water partition coefficient (Wildman–Crippen LogP) is 3.14. The molecule has 0 bridgehead atoms. The van der Waals surface area contributed by atoms with Gasteiger partial charge in [-0.05, 0) is 29.8 Å². The van der Waals surface area contributed by atoms with E-state index in [0.29, 0.717) is 16.5 Å². The van der Waals surface area contributed by atoms with Crippen LogP contribution in [-0.4, -0.2) is 15.8 Å². The van der Waals surface area contributed by atoms with E-state index >= 15 is 0 Å². The van der Waals surface area contributed by atoms with E-state index in [1.54, 1.807) is 24.4 Å². The summed E-state index contributed by atoms with van der Waals surface area (Å²) in [5.74, 6) is 0.526. The highest BCUT2D eigenvalue weighted by atomic mass is 35.5. The number of aromatic nitrogens is 1. The molecule has 0 saturated heterocycles. The molecule has 5 heteroatoms. The summed E-state index contributed by atoms with van der Waals surface area (Å²) in [5.41, 5.74) is 7.15. The van der Waals surface area contributed by atoms with Crippen molar-refractivity contribution in [3.63, 3.8) is 0 Å². The molecule has 0 aliphatic heterocycles. The van der Waals surface area contributed by atoms with Gasteiger partial charge in [0.05, 0.1) is 16.2 Å². The van der Waals surface area contributed by atoms with Crippen LogP contribution in [-0.2, 0) is 0 Å². The lowest BCUT2D eigenvalue weighted by molar-refractivity contribution is 0.204. The zero-order chi connectivity index (χ0) is 13.0. The number of rotatable bonds is 4. The van der Waals surface area contributed by atoms with Crippen molar-refractivity contribution >= 4 is 29.1 Å². The van der Waals surface area contributed by atoms with Crippen molar-refractivity contribution in [2.75, 3.05) is 11.5 Å². The molecule has 0 spiro atoms. The Balaban J connectivity index is 1.96. The first-order valence-corrected chi connectivity index (χ1v) is 6.79. The Kier molecular flexibility index (Phi) is 4.47. The smallest absolute Gasteiger partial charge is 0.0961 e. The maximum atomic E-state index is 10.0. The van der Waals surface area contributed by atoms with Crippen LogP contribution in [0, 0.1) is 0 Å². The van der Waals surface area contributed by atoms with Gasteiger partial charge in [-0.2, -0.15) is 0 Å². The van der Waals surface area contributed by atoms with Crippen molar-refractivity contribution in [3.05, 3.63) is 53.2 Å². The number of aliphatic hydroxyl groups excluding tert-OH is 1. The number of nitrogens with two attached hydrogens (primary N) is 1. The minimum absolute atomic E-state index is 0.526. The number of thioether (sulfide) groups is 1. The zero-order valence-electron chi connectivity index (χ0n) is 9.58. The van der Waals surface area contributed by atoms with E-state index in [2.05, 4.69) is 4.98 Å². The lowest BCUT2D eigenvalue weighted by Crippen LogP contribution is -2.01. The van der Waals surface area contributed by atoms with Crippen molar-refractivity contribution in [1.82, 2.24) is 4.98 Å². The fraction of sp³-hybridized carbons (Fsp3) is 0.154. The molecule has 2 aromatic rings. The first-order chi connectivity index (χ1) is 8.65. The maximum Gasteiger partial charge on any atom is 0.0961 e. The van der Waals surface area contributed by atoms with E-state index < -0.39 is 6.10 Å². The Bertz CT molecular complexity index is 519. The van der Waals surface area contributed by atoms with Crippen LogP contribution in [0.25, 0.3) is 0 Å². The average Bonchev–Trinajstić information content (AvgIpc) is 2.38. The molecule has 0 radical (unpaired) electrons. The van der Waals surface area contributed by atoms with Crippen LogP contribution < -0.4 is 5.73 Å². The number of nitrogen functional groups attached to an aromatic ring is 1. The molecule has 1 unspecified atom stereocenters. The molecule has 0 amide bonds. The summed E-state index contributed by atoms with van der Waals surface area (Å²) in [6, 6.07) is 10.9. The number of aliphatic hydroxyl groups is 1. The van der Waals surface area contributed by atoms with E-state index in [1.807, 2.05) is 18.2 Å². The SMILES string of the molecule is Nc1cccc(C(O)CSc2ccc(Cl)cn2)c1. The normalized spacial score (nSPS) is 12.3. The van der Waals surface area contributed by atoms with Crippen LogP contribution in [0.3, 0.4) is 0 Å². The lowest BCUT2D eigenvalue weighted by atomic mass is 10.1. The molecular formula is C13H13ClN2OS. The van der Waals surface area contributed by atoms with Gasteiger partial charge in [0.2, 0.25) is 0 Å². The average molecular weight is 281 g/mol. The summed E-state index contributed by atoms with van der Waals surface area (Å²) < 4.78 is 0. The van der Waals surface area contributed by atoms with Gasteiger partial charge in [-0.15, -0.1) is 11.8 Å². The summed E-state index contributed by atoms with van der Waals surface area (Å²) in [6.45, 7) is 0. The van der Waals surface area contributed by atoms with Crippen LogP contribution >= 0.6 is 23.4 Å². The molecule has 2 rings (SSSR count). The lowest BCUT2D eigenvalue weighted by Gasteiger charge is -2.10. The number of anilines is 1. The molecular weight excluding hydrogens is 268 g/mol. The molecule has 0 fully saturated rings. The van der Waals surface area contributed by atoms with Gasteiger partial charge in [0.15, 0.2) is 0 Å². The highest BCUT2D eigenvalue weighted by Gasteiger charge is 2.08. The Morgan fingerprint density at radius 1 is 1.33 bits per heavy atom. The predicted molar refractivity (Wildman–Crippen MR) is 75.8 cm³/mol.